The van der Waals surface area contributed by atoms with Crippen molar-refractivity contribution in [1.82, 2.24) is 0 Å². The smallest absolute Gasteiger partial charge is 0.309 e. The quantitative estimate of drug-likeness (QED) is 0.592. The van der Waals surface area contributed by atoms with Gasteiger partial charge in [-0.25, -0.2) is 0 Å². The Kier molecular flexibility index (Phi) is 1.84. The third kappa shape index (κ3) is 1.14. The van der Waals surface area contributed by atoms with Crippen LogP contribution < -0.4 is 0 Å². The molecule has 4 heteroatoms. The van der Waals surface area contributed by atoms with Crippen LogP contribution in [0.1, 0.15) is 46.5 Å². The van der Waals surface area contributed by atoms with Crippen molar-refractivity contribution in [2.75, 3.05) is 0 Å². The lowest BCUT2D eigenvalue weighted by Crippen LogP contribution is -2.54. The van der Waals surface area contributed by atoms with E-state index in [9.17, 15) is 4.79 Å². The maximum absolute atomic E-state index is 11.6. The number of hydrogen-bond acceptors (Lipinski definition) is 4. The fourth-order valence-electron chi connectivity index (χ4n) is 3.43. The SMILES string of the molecule is CC1(C)O[C@@H]2CCC[C@@]3(C)CC(=O)O[C@@]23O1. The molecular formula is C12H18O4. The molecule has 1 saturated carbocycles. The molecule has 0 bridgehead atoms. The van der Waals surface area contributed by atoms with Crippen LogP contribution in [0.25, 0.3) is 0 Å². The lowest BCUT2D eigenvalue weighted by atomic mass is 9.69. The van der Waals surface area contributed by atoms with Gasteiger partial charge in [-0.05, 0) is 33.1 Å². The third-order valence-corrected chi connectivity index (χ3v) is 4.08. The van der Waals surface area contributed by atoms with Crippen molar-refractivity contribution in [3.8, 4) is 0 Å². The van der Waals surface area contributed by atoms with Crippen LogP contribution in [0.3, 0.4) is 0 Å². The van der Waals surface area contributed by atoms with Crippen molar-refractivity contribution in [3.05, 3.63) is 0 Å². The second kappa shape index (κ2) is 2.79. The number of carbonyl (C=O) groups excluding carboxylic acids is 1. The van der Waals surface area contributed by atoms with E-state index in [0.717, 1.165) is 19.3 Å². The van der Waals surface area contributed by atoms with Gasteiger partial charge < -0.3 is 14.2 Å². The molecule has 0 amide bonds. The van der Waals surface area contributed by atoms with Gasteiger partial charge in [0.15, 0.2) is 5.79 Å². The highest BCUT2D eigenvalue weighted by Gasteiger charge is 2.70. The number of esters is 1. The van der Waals surface area contributed by atoms with Crippen LogP contribution in [0, 0.1) is 5.41 Å². The minimum absolute atomic E-state index is 0.104. The molecule has 1 spiro atoms. The van der Waals surface area contributed by atoms with Crippen molar-refractivity contribution in [1.29, 1.82) is 0 Å². The number of rotatable bonds is 0. The van der Waals surface area contributed by atoms with E-state index in [4.69, 9.17) is 14.2 Å². The lowest BCUT2D eigenvalue weighted by molar-refractivity contribution is -0.273. The van der Waals surface area contributed by atoms with Gasteiger partial charge in [0.05, 0.1) is 6.42 Å². The van der Waals surface area contributed by atoms with Crippen molar-refractivity contribution in [2.45, 2.75) is 64.1 Å². The fraction of sp³-hybridized carbons (Fsp3) is 0.917. The average molecular weight is 226 g/mol. The van der Waals surface area contributed by atoms with Gasteiger partial charge in [0, 0.05) is 5.41 Å². The summed E-state index contributed by atoms with van der Waals surface area (Å²) >= 11 is 0. The normalized spacial score (nSPS) is 49.7. The summed E-state index contributed by atoms with van der Waals surface area (Å²) in [5, 5.41) is 0. The number of carbonyl (C=O) groups is 1. The van der Waals surface area contributed by atoms with Crippen molar-refractivity contribution >= 4 is 5.97 Å². The van der Waals surface area contributed by atoms with E-state index in [1.54, 1.807) is 0 Å². The Morgan fingerprint density at radius 2 is 2.06 bits per heavy atom. The molecule has 2 aliphatic heterocycles. The number of ether oxygens (including phenoxy) is 3. The van der Waals surface area contributed by atoms with E-state index in [1.165, 1.54) is 0 Å². The molecule has 3 atom stereocenters. The first-order valence-electron chi connectivity index (χ1n) is 5.97. The summed E-state index contributed by atoms with van der Waals surface area (Å²) < 4.78 is 17.4. The zero-order chi connectivity index (χ0) is 11.6. The molecule has 0 aromatic carbocycles. The van der Waals surface area contributed by atoms with Gasteiger partial charge in [-0.2, -0.15) is 0 Å². The van der Waals surface area contributed by atoms with Gasteiger partial charge in [-0.1, -0.05) is 6.92 Å². The van der Waals surface area contributed by atoms with Crippen LogP contribution >= 0.6 is 0 Å². The van der Waals surface area contributed by atoms with E-state index >= 15 is 0 Å². The topological polar surface area (TPSA) is 44.8 Å². The fourth-order valence-corrected chi connectivity index (χ4v) is 3.43. The Morgan fingerprint density at radius 1 is 1.31 bits per heavy atom. The standard InChI is InChI=1S/C12H18O4/c1-10(2)14-8-5-4-6-11(3)7-9(13)15-12(8,11)16-10/h8H,4-7H2,1-3H3/t8-,11+,12-/m1/s1. The highest BCUT2D eigenvalue weighted by atomic mass is 16.9. The van der Waals surface area contributed by atoms with E-state index in [0.29, 0.717) is 6.42 Å². The van der Waals surface area contributed by atoms with Crippen molar-refractivity contribution < 1.29 is 19.0 Å². The molecule has 0 N–H and O–H groups in total. The predicted octanol–water partition coefficient (Wildman–Crippen LogP) is 1.97. The molecule has 0 aromatic rings. The predicted molar refractivity (Wildman–Crippen MR) is 55.4 cm³/mol. The summed E-state index contributed by atoms with van der Waals surface area (Å²) in [5.41, 5.74) is -0.221. The van der Waals surface area contributed by atoms with Crippen LogP contribution in [0.2, 0.25) is 0 Å². The van der Waals surface area contributed by atoms with E-state index in [2.05, 4.69) is 6.92 Å². The molecule has 3 fully saturated rings. The van der Waals surface area contributed by atoms with Gasteiger partial charge in [0.1, 0.15) is 6.10 Å². The highest BCUT2D eigenvalue weighted by molar-refractivity contribution is 5.74. The summed E-state index contributed by atoms with van der Waals surface area (Å²) in [5.74, 6) is -1.64. The monoisotopic (exact) mass is 226 g/mol. The molecule has 4 nitrogen and oxygen atoms in total. The summed E-state index contributed by atoms with van der Waals surface area (Å²) in [4.78, 5) is 11.6. The zero-order valence-corrected chi connectivity index (χ0v) is 10.0. The number of hydrogen-bond donors (Lipinski definition) is 0. The molecule has 0 unspecified atom stereocenters. The minimum atomic E-state index is -0.828. The molecule has 16 heavy (non-hydrogen) atoms. The second-order valence-corrected chi connectivity index (χ2v) is 5.88. The van der Waals surface area contributed by atoms with E-state index in [-0.39, 0.29) is 17.5 Å². The Labute approximate surface area is 95.2 Å². The van der Waals surface area contributed by atoms with Crippen LogP contribution in [0.4, 0.5) is 0 Å². The zero-order valence-electron chi connectivity index (χ0n) is 10.0. The van der Waals surface area contributed by atoms with Gasteiger partial charge in [-0.15, -0.1) is 0 Å². The van der Waals surface area contributed by atoms with Gasteiger partial charge in [0.25, 0.3) is 0 Å². The summed E-state index contributed by atoms with van der Waals surface area (Å²) in [6.45, 7) is 5.84. The van der Waals surface area contributed by atoms with Crippen molar-refractivity contribution in [3.63, 3.8) is 0 Å². The maximum atomic E-state index is 11.6. The summed E-state index contributed by atoms with van der Waals surface area (Å²) in [6, 6.07) is 0. The summed E-state index contributed by atoms with van der Waals surface area (Å²) in [6.07, 6.45) is 3.29. The van der Waals surface area contributed by atoms with E-state index < -0.39 is 11.6 Å². The largest absolute Gasteiger partial charge is 0.429 e. The Bertz CT molecular complexity index is 351. The molecule has 0 aromatic heterocycles. The Balaban J connectivity index is 2.05. The molecule has 90 valence electrons. The van der Waals surface area contributed by atoms with Crippen LogP contribution in [-0.4, -0.2) is 23.6 Å². The average Bonchev–Trinajstić information content (AvgIpc) is 2.50. The first-order chi connectivity index (χ1) is 7.37. The molecule has 0 radical (unpaired) electrons. The maximum Gasteiger partial charge on any atom is 0.309 e. The van der Waals surface area contributed by atoms with Crippen molar-refractivity contribution in [2.24, 2.45) is 5.41 Å². The molecule has 3 rings (SSSR count). The molecular weight excluding hydrogens is 208 g/mol. The lowest BCUT2D eigenvalue weighted by Gasteiger charge is -2.43. The Morgan fingerprint density at radius 3 is 2.81 bits per heavy atom. The van der Waals surface area contributed by atoms with E-state index in [1.807, 2.05) is 13.8 Å². The second-order valence-electron chi connectivity index (χ2n) is 5.88. The molecule has 3 aliphatic rings. The van der Waals surface area contributed by atoms with Gasteiger partial charge in [-0.3, -0.25) is 4.79 Å². The Hall–Kier alpha value is -0.610. The first kappa shape index (κ1) is 10.5. The van der Waals surface area contributed by atoms with Gasteiger partial charge >= 0.3 is 5.97 Å². The summed E-state index contributed by atoms with van der Waals surface area (Å²) in [7, 11) is 0. The minimum Gasteiger partial charge on any atom is -0.429 e. The van der Waals surface area contributed by atoms with Crippen LogP contribution in [-0.2, 0) is 19.0 Å². The highest BCUT2D eigenvalue weighted by Crippen LogP contribution is 2.59. The van der Waals surface area contributed by atoms with Crippen LogP contribution in [0.15, 0.2) is 0 Å². The first-order valence-corrected chi connectivity index (χ1v) is 5.97. The van der Waals surface area contributed by atoms with Gasteiger partial charge in [0.2, 0.25) is 5.79 Å². The molecule has 2 saturated heterocycles. The van der Waals surface area contributed by atoms with Crippen LogP contribution in [0.5, 0.6) is 0 Å². The third-order valence-electron chi connectivity index (χ3n) is 4.08. The molecule has 2 heterocycles. The molecule has 1 aliphatic carbocycles.